The summed E-state index contributed by atoms with van der Waals surface area (Å²) in [6.45, 7) is 3.22. The first kappa shape index (κ1) is 13.7. The Morgan fingerprint density at radius 3 is 2.95 bits per heavy atom. The van der Waals surface area contributed by atoms with Crippen LogP contribution in [-0.4, -0.2) is 24.1 Å². The predicted molar refractivity (Wildman–Crippen MR) is 77.9 cm³/mol. The molecule has 0 saturated carbocycles. The topological polar surface area (TPSA) is 44.4 Å². The molecule has 0 radical (unpaired) electrons. The van der Waals surface area contributed by atoms with Crippen molar-refractivity contribution in [1.82, 2.24) is 5.32 Å². The van der Waals surface area contributed by atoms with Gasteiger partial charge in [0.1, 0.15) is 5.82 Å². The van der Waals surface area contributed by atoms with Crippen LogP contribution in [0.25, 0.3) is 0 Å². The molecule has 2 rings (SSSR count). The number of hydrogen-bond acceptors (Lipinski definition) is 2. The third-order valence-corrected chi connectivity index (χ3v) is 3.15. The molecule has 19 heavy (non-hydrogen) atoms. The molecule has 0 unspecified atom stereocenters. The van der Waals surface area contributed by atoms with Crippen molar-refractivity contribution >= 4 is 34.6 Å². The second-order valence-electron chi connectivity index (χ2n) is 4.30. The largest absolute Gasteiger partial charge is 0.363 e. The van der Waals surface area contributed by atoms with Gasteiger partial charge in [0, 0.05) is 25.2 Å². The Morgan fingerprint density at radius 2 is 2.32 bits per heavy atom. The van der Waals surface area contributed by atoms with Crippen LogP contribution in [0.3, 0.4) is 0 Å². The van der Waals surface area contributed by atoms with E-state index in [1.165, 1.54) is 11.0 Å². The van der Waals surface area contributed by atoms with Crippen LogP contribution in [0.2, 0.25) is 0 Å². The van der Waals surface area contributed by atoms with E-state index in [2.05, 4.69) is 10.6 Å². The van der Waals surface area contributed by atoms with Gasteiger partial charge in [0.25, 0.3) is 0 Å². The van der Waals surface area contributed by atoms with Gasteiger partial charge in [-0.15, -0.1) is 0 Å². The molecule has 1 aromatic carbocycles. The number of thiocarbonyl (C=S) groups is 1. The molecule has 4 nitrogen and oxygen atoms in total. The van der Waals surface area contributed by atoms with E-state index in [0.29, 0.717) is 36.0 Å². The molecule has 102 valence electrons. The fourth-order valence-electron chi connectivity index (χ4n) is 2.04. The maximum atomic E-state index is 13.8. The third-order valence-electron chi connectivity index (χ3n) is 2.91. The zero-order valence-corrected chi connectivity index (χ0v) is 11.5. The number of halogens is 1. The summed E-state index contributed by atoms with van der Waals surface area (Å²) in [6, 6.07) is 4.56. The normalized spacial score (nSPS) is 14.6. The molecule has 0 aromatic heterocycles. The summed E-state index contributed by atoms with van der Waals surface area (Å²) in [6.07, 6.45) is 1.25. The van der Waals surface area contributed by atoms with E-state index in [4.69, 9.17) is 12.2 Å². The Morgan fingerprint density at radius 1 is 1.53 bits per heavy atom. The molecule has 0 atom stereocenters. The quantitative estimate of drug-likeness (QED) is 0.834. The molecule has 0 bridgehead atoms. The van der Waals surface area contributed by atoms with Crippen LogP contribution in [0.15, 0.2) is 18.2 Å². The summed E-state index contributed by atoms with van der Waals surface area (Å²) >= 11 is 5.07. The third kappa shape index (κ3) is 3.20. The first-order chi connectivity index (χ1) is 9.11. The number of nitrogens with one attached hydrogen (secondary N) is 2. The summed E-state index contributed by atoms with van der Waals surface area (Å²) in [5.41, 5.74) is 0.980. The minimum absolute atomic E-state index is 0.0368. The molecule has 1 saturated heterocycles. The summed E-state index contributed by atoms with van der Waals surface area (Å²) < 4.78 is 13.8. The van der Waals surface area contributed by atoms with Crippen molar-refractivity contribution < 1.29 is 9.18 Å². The smallest absolute Gasteiger partial charge is 0.227 e. The number of amides is 1. The molecule has 1 fully saturated rings. The molecule has 0 aliphatic carbocycles. The zero-order chi connectivity index (χ0) is 13.8. The van der Waals surface area contributed by atoms with Crippen LogP contribution in [-0.2, 0) is 4.79 Å². The van der Waals surface area contributed by atoms with Crippen LogP contribution in [0.1, 0.15) is 19.8 Å². The zero-order valence-electron chi connectivity index (χ0n) is 10.7. The summed E-state index contributed by atoms with van der Waals surface area (Å²) in [5.74, 6) is -0.430. The van der Waals surface area contributed by atoms with E-state index in [9.17, 15) is 9.18 Å². The Kier molecular flexibility index (Phi) is 4.31. The van der Waals surface area contributed by atoms with Gasteiger partial charge in [-0.05, 0) is 43.8 Å². The lowest BCUT2D eigenvalue weighted by Gasteiger charge is -2.18. The second kappa shape index (κ2) is 5.97. The highest BCUT2D eigenvalue weighted by Gasteiger charge is 2.24. The van der Waals surface area contributed by atoms with E-state index in [-0.39, 0.29) is 5.91 Å². The standard InChI is InChI=1S/C13H16FN3OS/c1-2-15-13(19)16-9-5-6-10(14)11(8-9)17-7-3-4-12(17)18/h5-6,8H,2-4,7H2,1H3,(H2,15,16,19). The van der Waals surface area contributed by atoms with Gasteiger partial charge in [-0.25, -0.2) is 4.39 Å². The van der Waals surface area contributed by atoms with Crippen molar-refractivity contribution in [2.75, 3.05) is 23.3 Å². The van der Waals surface area contributed by atoms with Gasteiger partial charge in [0.05, 0.1) is 5.69 Å². The van der Waals surface area contributed by atoms with Gasteiger partial charge in [-0.1, -0.05) is 0 Å². The predicted octanol–water partition coefficient (Wildman–Crippen LogP) is 2.26. The van der Waals surface area contributed by atoms with Crippen LogP contribution in [0.5, 0.6) is 0 Å². The number of hydrogen-bond donors (Lipinski definition) is 2. The number of anilines is 2. The number of carbonyl (C=O) groups is 1. The van der Waals surface area contributed by atoms with E-state index < -0.39 is 5.82 Å². The molecular formula is C13H16FN3OS. The van der Waals surface area contributed by atoms with Crippen molar-refractivity contribution in [2.45, 2.75) is 19.8 Å². The SMILES string of the molecule is CCNC(=S)Nc1ccc(F)c(N2CCCC2=O)c1. The lowest BCUT2D eigenvalue weighted by atomic mass is 10.2. The highest BCUT2D eigenvalue weighted by Crippen LogP contribution is 2.27. The maximum Gasteiger partial charge on any atom is 0.227 e. The minimum atomic E-state index is -0.393. The first-order valence-electron chi connectivity index (χ1n) is 6.26. The lowest BCUT2D eigenvalue weighted by Crippen LogP contribution is -2.28. The summed E-state index contributed by atoms with van der Waals surface area (Å²) in [4.78, 5) is 13.1. The number of rotatable bonds is 3. The molecule has 1 aromatic rings. The average molecular weight is 281 g/mol. The van der Waals surface area contributed by atoms with Crippen molar-refractivity contribution in [3.8, 4) is 0 Å². The van der Waals surface area contributed by atoms with E-state index in [1.54, 1.807) is 12.1 Å². The highest BCUT2D eigenvalue weighted by atomic mass is 32.1. The molecule has 1 amide bonds. The summed E-state index contributed by atoms with van der Waals surface area (Å²) in [7, 11) is 0. The number of carbonyl (C=O) groups excluding carboxylic acids is 1. The van der Waals surface area contributed by atoms with Crippen molar-refractivity contribution in [1.29, 1.82) is 0 Å². The van der Waals surface area contributed by atoms with E-state index >= 15 is 0 Å². The van der Waals surface area contributed by atoms with Gasteiger partial charge < -0.3 is 15.5 Å². The Hall–Kier alpha value is -1.69. The van der Waals surface area contributed by atoms with Crippen LogP contribution in [0.4, 0.5) is 15.8 Å². The van der Waals surface area contributed by atoms with Gasteiger partial charge in [-0.3, -0.25) is 4.79 Å². The molecular weight excluding hydrogens is 265 g/mol. The fourth-order valence-corrected chi connectivity index (χ4v) is 2.30. The van der Waals surface area contributed by atoms with Gasteiger partial charge in [0.15, 0.2) is 5.11 Å². The average Bonchev–Trinajstić information content (AvgIpc) is 2.78. The maximum absolute atomic E-state index is 13.8. The minimum Gasteiger partial charge on any atom is -0.363 e. The molecule has 1 aliphatic heterocycles. The lowest BCUT2D eigenvalue weighted by molar-refractivity contribution is -0.117. The molecule has 6 heteroatoms. The van der Waals surface area contributed by atoms with Crippen molar-refractivity contribution in [3.05, 3.63) is 24.0 Å². The molecule has 0 spiro atoms. The second-order valence-corrected chi connectivity index (χ2v) is 4.71. The molecule has 1 aliphatic rings. The number of benzene rings is 1. The molecule has 1 heterocycles. The fraction of sp³-hybridized carbons (Fsp3) is 0.385. The monoisotopic (exact) mass is 281 g/mol. The highest BCUT2D eigenvalue weighted by molar-refractivity contribution is 7.80. The Bertz CT molecular complexity index is 507. The van der Waals surface area contributed by atoms with Gasteiger partial charge in [0.2, 0.25) is 5.91 Å². The van der Waals surface area contributed by atoms with Gasteiger partial charge >= 0.3 is 0 Å². The first-order valence-corrected chi connectivity index (χ1v) is 6.67. The van der Waals surface area contributed by atoms with E-state index in [1.807, 2.05) is 6.92 Å². The number of nitrogens with zero attached hydrogens (tertiary/aromatic N) is 1. The Balaban J connectivity index is 2.19. The summed E-state index contributed by atoms with van der Waals surface area (Å²) in [5, 5.41) is 6.40. The van der Waals surface area contributed by atoms with Crippen molar-refractivity contribution in [2.24, 2.45) is 0 Å². The molecule has 2 N–H and O–H groups in total. The van der Waals surface area contributed by atoms with Crippen molar-refractivity contribution in [3.63, 3.8) is 0 Å². The Labute approximate surface area is 117 Å². The van der Waals surface area contributed by atoms with E-state index in [0.717, 1.165) is 6.42 Å². The van der Waals surface area contributed by atoms with Crippen LogP contribution < -0.4 is 15.5 Å². The van der Waals surface area contributed by atoms with Crippen LogP contribution >= 0.6 is 12.2 Å². The van der Waals surface area contributed by atoms with Crippen LogP contribution in [0, 0.1) is 5.82 Å². The van der Waals surface area contributed by atoms with Gasteiger partial charge in [-0.2, -0.15) is 0 Å².